The fourth-order valence-corrected chi connectivity index (χ4v) is 3.61. The van der Waals surface area contributed by atoms with Crippen LogP contribution in [0.4, 0.5) is 10.1 Å². The van der Waals surface area contributed by atoms with E-state index in [0.717, 1.165) is 39.0 Å². The summed E-state index contributed by atoms with van der Waals surface area (Å²) in [5, 5.41) is 14.4. The van der Waals surface area contributed by atoms with E-state index < -0.39 is 4.92 Å². The van der Waals surface area contributed by atoms with Gasteiger partial charge in [-0.05, 0) is 24.8 Å². The minimum absolute atomic E-state index is 0.0476. The number of hydrogen-bond acceptors (Lipinski definition) is 5. The Hall–Kier alpha value is -1.57. The molecule has 1 N–H and O–H groups in total. The minimum Gasteiger partial charge on any atom is -0.381 e. The zero-order valence-electron chi connectivity index (χ0n) is 13.0. The number of rotatable bonds is 4. The van der Waals surface area contributed by atoms with Crippen LogP contribution < -0.4 is 5.32 Å². The molecule has 0 aliphatic carbocycles. The van der Waals surface area contributed by atoms with E-state index in [4.69, 9.17) is 4.74 Å². The zero-order chi connectivity index (χ0) is 16.2. The number of non-ortho nitro benzene ring substituents is 1. The van der Waals surface area contributed by atoms with Crippen LogP contribution in [0.15, 0.2) is 18.2 Å². The minimum atomic E-state index is -0.457. The number of piperazine rings is 1. The van der Waals surface area contributed by atoms with Crippen molar-refractivity contribution in [2.75, 3.05) is 39.4 Å². The SMILES string of the molecule is O=[N+]([O-])c1ccc(F)c([C@@H](C2CCOCC2)N2CCNCC2)c1. The van der Waals surface area contributed by atoms with Gasteiger partial charge in [-0.3, -0.25) is 15.0 Å². The second-order valence-corrected chi connectivity index (χ2v) is 6.14. The lowest BCUT2D eigenvalue weighted by Crippen LogP contribution is -2.47. The van der Waals surface area contributed by atoms with Crippen molar-refractivity contribution in [2.24, 2.45) is 5.92 Å². The zero-order valence-corrected chi connectivity index (χ0v) is 13.0. The van der Waals surface area contributed by atoms with Gasteiger partial charge in [-0.25, -0.2) is 4.39 Å². The first-order valence-corrected chi connectivity index (χ1v) is 8.13. The first-order chi connectivity index (χ1) is 11.2. The molecular weight excluding hydrogens is 301 g/mol. The van der Waals surface area contributed by atoms with Crippen LogP contribution in [0.1, 0.15) is 24.4 Å². The van der Waals surface area contributed by atoms with Gasteiger partial charge < -0.3 is 10.1 Å². The highest BCUT2D eigenvalue weighted by molar-refractivity contribution is 5.37. The molecular formula is C16H22FN3O3. The molecule has 2 saturated heterocycles. The third-order valence-corrected chi connectivity index (χ3v) is 4.77. The third-order valence-electron chi connectivity index (χ3n) is 4.77. The first-order valence-electron chi connectivity index (χ1n) is 8.13. The second kappa shape index (κ2) is 7.33. The van der Waals surface area contributed by atoms with Gasteiger partial charge in [-0.1, -0.05) is 0 Å². The van der Waals surface area contributed by atoms with Crippen molar-refractivity contribution < 1.29 is 14.1 Å². The summed E-state index contributed by atoms with van der Waals surface area (Å²) in [4.78, 5) is 12.9. The molecule has 0 bridgehead atoms. The topological polar surface area (TPSA) is 67.6 Å². The average Bonchev–Trinajstić information content (AvgIpc) is 2.58. The summed E-state index contributed by atoms with van der Waals surface area (Å²) in [6, 6.07) is 3.75. The largest absolute Gasteiger partial charge is 0.381 e. The average molecular weight is 323 g/mol. The van der Waals surface area contributed by atoms with Crippen LogP contribution >= 0.6 is 0 Å². The van der Waals surface area contributed by atoms with Gasteiger partial charge in [-0.2, -0.15) is 0 Å². The van der Waals surface area contributed by atoms with Gasteiger partial charge in [0.2, 0.25) is 0 Å². The van der Waals surface area contributed by atoms with Crippen LogP contribution in [-0.4, -0.2) is 49.2 Å². The molecule has 0 aromatic heterocycles. The number of nitro benzene ring substituents is 1. The molecule has 0 radical (unpaired) electrons. The molecule has 1 aromatic rings. The van der Waals surface area contributed by atoms with E-state index in [1.807, 2.05) is 0 Å². The van der Waals surface area contributed by atoms with Crippen LogP contribution in [0.5, 0.6) is 0 Å². The van der Waals surface area contributed by atoms with Crippen LogP contribution in [0.2, 0.25) is 0 Å². The van der Waals surface area contributed by atoms with Gasteiger partial charge in [0.25, 0.3) is 5.69 Å². The number of halogens is 1. The van der Waals surface area contributed by atoms with Crippen LogP contribution in [0.3, 0.4) is 0 Å². The first kappa shape index (κ1) is 16.3. The van der Waals surface area contributed by atoms with Gasteiger partial charge in [0.05, 0.1) is 4.92 Å². The standard InChI is InChI=1S/C16H22FN3O3/c17-15-2-1-13(20(21)22)11-14(15)16(12-3-9-23-10-4-12)19-7-5-18-6-8-19/h1-2,11-12,16,18H,3-10H2/t16-/m1/s1. The predicted octanol–water partition coefficient (Wildman–Crippen LogP) is 2.11. The molecule has 0 saturated carbocycles. The van der Waals surface area contributed by atoms with E-state index in [9.17, 15) is 14.5 Å². The van der Waals surface area contributed by atoms with E-state index in [1.165, 1.54) is 18.2 Å². The summed E-state index contributed by atoms with van der Waals surface area (Å²) in [6.45, 7) is 4.70. The molecule has 2 aliphatic rings. The van der Waals surface area contributed by atoms with E-state index in [-0.39, 0.29) is 23.5 Å². The molecule has 6 nitrogen and oxygen atoms in total. The van der Waals surface area contributed by atoms with Crippen molar-refractivity contribution in [1.29, 1.82) is 0 Å². The third kappa shape index (κ3) is 3.68. The van der Waals surface area contributed by atoms with E-state index >= 15 is 0 Å². The molecule has 23 heavy (non-hydrogen) atoms. The fourth-order valence-electron chi connectivity index (χ4n) is 3.61. The van der Waals surface area contributed by atoms with Crippen molar-refractivity contribution in [2.45, 2.75) is 18.9 Å². The van der Waals surface area contributed by atoms with Crippen molar-refractivity contribution in [1.82, 2.24) is 10.2 Å². The number of ether oxygens (including phenoxy) is 1. The van der Waals surface area contributed by atoms with Gasteiger partial charge in [0.1, 0.15) is 5.82 Å². The highest BCUT2D eigenvalue weighted by atomic mass is 19.1. The van der Waals surface area contributed by atoms with Gasteiger partial charge >= 0.3 is 0 Å². The predicted molar refractivity (Wildman–Crippen MR) is 83.8 cm³/mol. The molecule has 2 fully saturated rings. The van der Waals surface area contributed by atoms with Crippen molar-refractivity contribution in [3.05, 3.63) is 39.7 Å². The normalized spacial score (nSPS) is 22.0. The molecule has 0 amide bonds. The van der Waals surface area contributed by atoms with Gasteiger partial charge in [-0.15, -0.1) is 0 Å². The summed E-state index contributed by atoms with van der Waals surface area (Å²) in [6.07, 6.45) is 1.72. The van der Waals surface area contributed by atoms with Crippen molar-refractivity contribution >= 4 is 5.69 Å². The Morgan fingerprint density at radius 1 is 1.30 bits per heavy atom. The highest BCUT2D eigenvalue weighted by Crippen LogP contribution is 2.37. The number of nitro groups is 1. The Labute approximate surface area is 134 Å². The smallest absolute Gasteiger partial charge is 0.269 e. The van der Waals surface area contributed by atoms with E-state index in [2.05, 4.69) is 10.2 Å². The van der Waals surface area contributed by atoms with Crippen molar-refractivity contribution in [3.63, 3.8) is 0 Å². The maximum absolute atomic E-state index is 14.5. The lowest BCUT2D eigenvalue weighted by atomic mass is 9.85. The quantitative estimate of drug-likeness (QED) is 0.679. The number of nitrogens with one attached hydrogen (secondary N) is 1. The summed E-state index contributed by atoms with van der Waals surface area (Å²) in [5.74, 6) is -0.0935. The van der Waals surface area contributed by atoms with E-state index in [1.54, 1.807) is 0 Å². The Morgan fingerprint density at radius 2 is 2.00 bits per heavy atom. The summed E-state index contributed by atoms with van der Waals surface area (Å²) in [7, 11) is 0. The lowest BCUT2D eigenvalue weighted by Gasteiger charge is -2.41. The molecule has 1 aromatic carbocycles. The van der Waals surface area contributed by atoms with Gasteiger partial charge in [0.15, 0.2) is 0 Å². The summed E-state index contributed by atoms with van der Waals surface area (Å²) >= 11 is 0. The number of nitrogens with zero attached hydrogens (tertiary/aromatic N) is 2. The maximum Gasteiger partial charge on any atom is 0.269 e. The molecule has 0 spiro atoms. The molecule has 1 atom stereocenters. The Balaban J connectivity index is 1.96. The molecule has 0 unspecified atom stereocenters. The van der Waals surface area contributed by atoms with Crippen LogP contribution in [0.25, 0.3) is 0 Å². The Bertz CT molecular complexity index is 540. The molecule has 2 aliphatic heterocycles. The Morgan fingerprint density at radius 3 is 2.65 bits per heavy atom. The summed E-state index contributed by atoms with van der Waals surface area (Å²) < 4.78 is 19.9. The molecule has 3 rings (SSSR count). The maximum atomic E-state index is 14.5. The van der Waals surface area contributed by atoms with Crippen LogP contribution in [-0.2, 0) is 4.74 Å². The second-order valence-electron chi connectivity index (χ2n) is 6.14. The van der Waals surface area contributed by atoms with Gasteiger partial charge in [0, 0.05) is 63.1 Å². The summed E-state index contributed by atoms with van der Waals surface area (Å²) in [5.41, 5.74) is 0.404. The van der Waals surface area contributed by atoms with Crippen molar-refractivity contribution in [3.8, 4) is 0 Å². The highest BCUT2D eigenvalue weighted by Gasteiger charge is 2.33. The van der Waals surface area contributed by atoms with E-state index in [0.29, 0.717) is 18.8 Å². The number of benzene rings is 1. The lowest BCUT2D eigenvalue weighted by molar-refractivity contribution is -0.385. The molecule has 7 heteroatoms. The number of hydrogen-bond donors (Lipinski definition) is 1. The fraction of sp³-hybridized carbons (Fsp3) is 0.625. The molecule has 126 valence electrons. The Kier molecular flexibility index (Phi) is 5.20. The monoisotopic (exact) mass is 323 g/mol. The molecule has 2 heterocycles. The van der Waals surface area contributed by atoms with Crippen LogP contribution in [0, 0.1) is 21.8 Å².